The quantitative estimate of drug-likeness (QED) is 0.614. The zero-order valence-corrected chi connectivity index (χ0v) is 6.90. The summed E-state index contributed by atoms with van der Waals surface area (Å²) in [4.78, 5) is 11.2. The molecule has 0 bridgehead atoms. The maximum Gasteiger partial charge on any atom is 0.226 e. The van der Waals surface area contributed by atoms with Crippen molar-refractivity contribution in [1.82, 2.24) is 5.32 Å². The van der Waals surface area contributed by atoms with Gasteiger partial charge in [-0.05, 0) is 18.8 Å². The SMILES string of the molecule is CNC(=O)C1(C(C)C)CC1. The second-order valence-corrected chi connectivity index (χ2v) is 3.39. The summed E-state index contributed by atoms with van der Waals surface area (Å²) in [6.45, 7) is 4.23. The van der Waals surface area contributed by atoms with E-state index in [4.69, 9.17) is 0 Å². The zero-order valence-electron chi connectivity index (χ0n) is 6.90. The molecule has 1 aliphatic carbocycles. The molecule has 1 N–H and O–H groups in total. The van der Waals surface area contributed by atoms with Gasteiger partial charge in [0.15, 0.2) is 0 Å². The lowest BCUT2D eigenvalue weighted by molar-refractivity contribution is -0.127. The highest BCUT2D eigenvalue weighted by Gasteiger charge is 2.51. The number of rotatable bonds is 2. The second-order valence-electron chi connectivity index (χ2n) is 3.39. The van der Waals surface area contributed by atoms with Gasteiger partial charge < -0.3 is 5.32 Å². The van der Waals surface area contributed by atoms with Crippen LogP contribution in [0.5, 0.6) is 0 Å². The predicted octanol–water partition coefficient (Wildman–Crippen LogP) is 1.17. The Labute approximate surface area is 62.0 Å². The summed E-state index contributed by atoms with van der Waals surface area (Å²) in [6, 6.07) is 0. The number of hydrogen-bond acceptors (Lipinski definition) is 1. The van der Waals surface area contributed by atoms with E-state index in [0.29, 0.717) is 5.92 Å². The second kappa shape index (κ2) is 2.26. The molecule has 2 heteroatoms. The highest BCUT2D eigenvalue weighted by molar-refractivity contribution is 5.85. The van der Waals surface area contributed by atoms with Crippen LogP contribution in [0.15, 0.2) is 0 Å². The molecular formula is C8H15NO. The van der Waals surface area contributed by atoms with Crippen LogP contribution in [0.25, 0.3) is 0 Å². The molecule has 1 fully saturated rings. The van der Waals surface area contributed by atoms with Crippen LogP contribution in [-0.2, 0) is 4.79 Å². The van der Waals surface area contributed by atoms with Gasteiger partial charge >= 0.3 is 0 Å². The van der Waals surface area contributed by atoms with Crippen LogP contribution in [0.1, 0.15) is 26.7 Å². The van der Waals surface area contributed by atoms with Gasteiger partial charge in [-0.1, -0.05) is 13.8 Å². The number of nitrogens with one attached hydrogen (secondary N) is 1. The maximum absolute atomic E-state index is 11.2. The third kappa shape index (κ3) is 0.917. The number of amides is 1. The minimum absolute atomic E-state index is 0.00868. The molecular weight excluding hydrogens is 126 g/mol. The van der Waals surface area contributed by atoms with Crippen molar-refractivity contribution in [2.75, 3.05) is 7.05 Å². The Bertz CT molecular complexity index is 147. The third-order valence-corrected chi connectivity index (χ3v) is 2.57. The summed E-state index contributed by atoms with van der Waals surface area (Å²) in [5.74, 6) is 0.718. The molecule has 0 radical (unpaired) electrons. The number of carbonyl (C=O) groups is 1. The molecule has 0 spiro atoms. The molecule has 1 rings (SSSR count). The molecule has 1 saturated carbocycles. The van der Waals surface area contributed by atoms with Gasteiger partial charge in [0.2, 0.25) is 5.91 Å². The van der Waals surface area contributed by atoms with Crippen molar-refractivity contribution in [2.45, 2.75) is 26.7 Å². The lowest BCUT2D eigenvalue weighted by Gasteiger charge is -2.16. The molecule has 0 aliphatic heterocycles. The van der Waals surface area contributed by atoms with Gasteiger partial charge in [-0.3, -0.25) is 4.79 Å². The van der Waals surface area contributed by atoms with Crippen molar-refractivity contribution in [2.24, 2.45) is 11.3 Å². The Kier molecular flexibility index (Phi) is 1.71. The molecule has 0 aromatic heterocycles. The zero-order chi connectivity index (χ0) is 7.78. The minimum Gasteiger partial charge on any atom is -0.359 e. The Balaban J connectivity index is 2.60. The van der Waals surface area contributed by atoms with Crippen LogP contribution in [0.3, 0.4) is 0 Å². The van der Waals surface area contributed by atoms with Gasteiger partial charge in [0.1, 0.15) is 0 Å². The summed E-state index contributed by atoms with van der Waals surface area (Å²) in [5.41, 5.74) is 0.00868. The van der Waals surface area contributed by atoms with E-state index in [2.05, 4.69) is 19.2 Å². The Morgan fingerprint density at radius 1 is 1.50 bits per heavy atom. The minimum atomic E-state index is 0.00868. The van der Waals surface area contributed by atoms with Crippen LogP contribution in [-0.4, -0.2) is 13.0 Å². The molecule has 0 atom stereocenters. The largest absolute Gasteiger partial charge is 0.359 e. The predicted molar refractivity (Wildman–Crippen MR) is 40.6 cm³/mol. The van der Waals surface area contributed by atoms with Gasteiger partial charge in [-0.2, -0.15) is 0 Å². The van der Waals surface area contributed by atoms with E-state index in [1.54, 1.807) is 7.05 Å². The van der Waals surface area contributed by atoms with Gasteiger partial charge in [0.05, 0.1) is 5.41 Å². The van der Waals surface area contributed by atoms with Crippen LogP contribution < -0.4 is 5.32 Å². The van der Waals surface area contributed by atoms with E-state index in [1.165, 1.54) is 0 Å². The Hall–Kier alpha value is -0.530. The lowest BCUT2D eigenvalue weighted by Crippen LogP contribution is -2.32. The smallest absolute Gasteiger partial charge is 0.226 e. The number of carbonyl (C=O) groups excluding carboxylic acids is 1. The van der Waals surface area contributed by atoms with E-state index in [9.17, 15) is 4.79 Å². The van der Waals surface area contributed by atoms with Gasteiger partial charge in [-0.25, -0.2) is 0 Å². The van der Waals surface area contributed by atoms with E-state index < -0.39 is 0 Å². The monoisotopic (exact) mass is 141 g/mol. The molecule has 0 aromatic carbocycles. The summed E-state index contributed by atoms with van der Waals surface area (Å²) >= 11 is 0. The first-order chi connectivity index (χ1) is 4.63. The van der Waals surface area contributed by atoms with Gasteiger partial charge in [0, 0.05) is 7.05 Å². The molecule has 2 nitrogen and oxygen atoms in total. The lowest BCUT2D eigenvalue weighted by atomic mass is 9.92. The van der Waals surface area contributed by atoms with Crippen LogP contribution in [0, 0.1) is 11.3 Å². The van der Waals surface area contributed by atoms with Gasteiger partial charge in [0.25, 0.3) is 0 Å². The summed E-state index contributed by atoms with van der Waals surface area (Å²) in [6.07, 6.45) is 2.15. The fraction of sp³-hybridized carbons (Fsp3) is 0.875. The summed E-state index contributed by atoms with van der Waals surface area (Å²) in [7, 11) is 1.71. The van der Waals surface area contributed by atoms with E-state index in [0.717, 1.165) is 12.8 Å². The first kappa shape index (κ1) is 7.58. The standard InChI is InChI=1S/C8H15NO/c1-6(2)8(4-5-8)7(10)9-3/h6H,4-5H2,1-3H3,(H,9,10). The van der Waals surface area contributed by atoms with Crippen molar-refractivity contribution in [1.29, 1.82) is 0 Å². The molecule has 1 amide bonds. The fourth-order valence-electron chi connectivity index (χ4n) is 1.45. The van der Waals surface area contributed by atoms with Crippen molar-refractivity contribution in [3.8, 4) is 0 Å². The van der Waals surface area contributed by atoms with Crippen molar-refractivity contribution >= 4 is 5.91 Å². The van der Waals surface area contributed by atoms with Crippen molar-refractivity contribution in [3.05, 3.63) is 0 Å². The Morgan fingerprint density at radius 2 is 2.00 bits per heavy atom. The normalized spacial score (nSPS) is 20.8. The Morgan fingerprint density at radius 3 is 2.10 bits per heavy atom. The molecule has 1 aliphatic rings. The average molecular weight is 141 g/mol. The van der Waals surface area contributed by atoms with E-state index in [-0.39, 0.29) is 11.3 Å². The third-order valence-electron chi connectivity index (χ3n) is 2.57. The maximum atomic E-state index is 11.2. The average Bonchev–Trinajstić information content (AvgIpc) is 2.65. The fourth-order valence-corrected chi connectivity index (χ4v) is 1.45. The van der Waals surface area contributed by atoms with Crippen LogP contribution in [0.2, 0.25) is 0 Å². The topological polar surface area (TPSA) is 29.1 Å². The number of hydrogen-bond donors (Lipinski definition) is 1. The van der Waals surface area contributed by atoms with E-state index in [1.807, 2.05) is 0 Å². The first-order valence-corrected chi connectivity index (χ1v) is 3.85. The van der Waals surface area contributed by atoms with Crippen molar-refractivity contribution in [3.63, 3.8) is 0 Å². The molecule has 58 valence electrons. The van der Waals surface area contributed by atoms with Gasteiger partial charge in [-0.15, -0.1) is 0 Å². The highest BCUT2D eigenvalue weighted by atomic mass is 16.2. The molecule has 10 heavy (non-hydrogen) atoms. The molecule has 0 saturated heterocycles. The first-order valence-electron chi connectivity index (χ1n) is 3.85. The highest BCUT2D eigenvalue weighted by Crippen LogP contribution is 2.51. The molecule has 0 heterocycles. The summed E-state index contributed by atoms with van der Waals surface area (Å²) in [5, 5.41) is 2.71. The van der Waals surface area contributed by atoms with Crippen LogP contribution >= 0.6 is 0 Å². The van der Waals surface area contributed by atoms with Crippen molar-refractivity contribution < 1.29 is 4.79 Å². The summed E-state index contributed by atoms with van der Waals surface area (Å²) < 4.78 is 0. The van der Waals surface area contributed by atoms with Crippen LogP contribution in [0.4, 0.5) is 0 Å². The molecule has 0 aromatic rings. The van der Waals surface area contributed by atoms with E-state index >= 15 is 0 Å². The molecule has 0 unspecified atom stereocenters.